The Kier molecular flexibility index (Phi) is 3.68. The van der Waals surface area contributed by atoms with Crippen molar-refractivity contribution in [3.63, 3.8) is 0 Å². The van der Waals surface area contributed by atoms with Gasteiger partial charge >= 0.3 is 0 Å². The van der Waals surface area contributed by atoms with E-state index in [-0.39, 0.29) is 13.5 Å². The molecule has 1 saturated heterocycles. The van der Waals surface area contributed by atoms with Gasteiger partial charge in [-0.1, -0.05) is 0 Å². The van der Waals surface area contributed by atoms with Gasteiger partial charge in [0.2, 0.25) is 0 Å². The van der Waals surface area contributed by atoms with Crippen molar-refractivity contribution in [2.75, 3.05) is 13.1 Å². The third kappa shape index (κ3) is 1.67. The quantitative estimate of drug-likeness (QED) is 0.472. The summed E-state index contributed by atoms with van der Waals surface area (Å²) in [7, 11) is 0. The zero-order chi connectivity index (χ0) is 3.54. The van der Waals surface area contributed by atoms with E-state index in [0.717, 1.165) is 0 Å². The molecule has 0 aromatic heterocycles. The number of nitrogens with one attached hydrogen (secondary N) is 1. The van der Waals surface area contributed by atoms with Crippen LogP contribution in [-0.2, 0) is 0 Å². The molecule has 0 atom stereocenters. The minimum Gasteiger partial charge on any atom is -0.317 e. The molecular weight excluding hydrogens is 94.1 g/mol. The predicted molar refractivity (Wildman–Crippen MR) is 32.5 cm³/mol. The van der Waals surface area contributed by atoms with Crippen LogP contribution < -0.4 is 5.32 Å². The van der Waals surface area contributed by atoms with Crippen molar-refractivity contribution in [3.05, 3.63) is 0 Å². The lowest BCUT2D eigenvalue weighted by atomic mass is 10.4. The molecule has 1 aliphatic heterocycles. The van der Waals surface area contributed by atoms with Crippen LogP contribution >= 0.6 is 13.5 Å². The molecule has 0 bridgehead atoms. The highest BCUT2D eigenvalue weighted by Crippen LogP contribution is 1.90. The lowest BCUT2D eigenvalue weighted by Crippen LogP contribution is -2.03. The van der Waals surface area contributed by atoms with E-state index in [2.05, 4.69) is 5.32 Å². The summed E-state index contributed by atoms with van der Waals surface area (Å²) in [5.74, 6) is 0. The molecule has 1 N–H and O–H groups in total. The smallest absolute Gasteiger partial charge is 0.00484 e. The summed E-state index contributed by atoms with van der Waals surface area (Å²) in [6.45, 7) is 2.50. The monoisotopic (exact) mass is 105 g/mol. The molecule has 0 radical (unpaired) electrons. The maximum absolute atomic E-state index is 3.22. The van der Waals surface area contributed by atoms with Gasteiger partial charge in [-0.2, -0.15) is 13.5 Å². The molecule has 2 heteroatoms. The Morgan fingerprint density at radius 1 is 1.00 bits per heavy atom. The summed E-state index contributed by atoms with van der Waals surface area (Å²) >= 11 is 0. The van der Waals surface area contributed by atoms with Crippen molar-refractivity contribution < 1.29 is 0 Å². The number of rotatable bonds is 0. The molecular formula is C4H11NS. The number of hydrogen-bond acceptors (Lipinski definition) is 1. The van der Waals surface area contributed by atoms with Crippen molar-refractivity contribution in [1.29, 1.82) is 0 Å². The average molecular weight is 105 g/mol. The molecule has 38 valence electrons. The predicted octanol–water partition coefficient (Wildman–Crippen LogP) is 0.483. The third-order valence-electron chi connectivity index (χ3n) is 0.957. The Morgan fingerprint density at radius 3 is 1.67 bits per heavy atom. The second-order valence-electron chi connectivity index (χ2n) is 1.46. The first-order valence-corrected chi connectivity index (χ1v) is 2.21. The first kappa shape index (κ1) is 6.31. The summed E-state index contributed by atoms with van der Waals surface area (Å²) in [5.41, 5.74) is 0. The number of hydrogen-bond donors (Lipinski definition) is 1. The van der Waals surface area contributed by atoms with Crippen LogP contribution in [0.4, 0.5) is 0 Å². The van der Waals surface area contributed by atoms with Gasteiger partial charge in [-0.05, 0) is 25.9 Å². The minimum atomic E-state index is 0. The minimum absolute atomic E-state index is 0. The largest absolute Gasteiger partial charge is 0.317 e. The van der Waals surface area contributed by atoms with E-state index in [0.29, 0.717) is 0 Å². The van der Waals surface area contributed by atoms with Crippen LogP contribution in [0.3, 0.4) is 0 Å². The Hall–Kier alpha value is 0.310. The molecule has 1 aliphatic rings. The van der Waals surface area contributed by atoms with Crippen molar-refractivity contribution in [2.24, 2.45) is 0 Å². The molecule has 0 unspecified atom stereocenters. The van der Waals surface area contributed by atoms with Gasteiger partial charge in [-0.15, -0.1) is 0 Å². The maximum Gasteiger partial charge on any atom is -0.00484 e. The second-order valence-corrected chi connectivity index (χ2v) is 1.46. The standard InChI is InChI=1S/C4H9N.H2S/c1-2-4-5-3-1;/h5H,1-4H2;1H2. The van der Waals surface area contributed by atoms with Gasteiger partial charge in [0, 0.05) is 0 Å². The van der Waals surface area contributed by atoms with Crippen molar-refractivity contribution in [2.45, 2.75) is 12.8 Å². The molecule has 0 aliphatic carbocycles. The highest BCUT2D eigenvalue weighted by Gasteiger charge is 1.93. The zero-order valence-corrected chi connectivity index (χ0v) is 4.83. The lowest BCUT2D eigenvalue weighted by molar-refractivity contribution is 0.857. The van der Waals surface area contributed by atoms with Crippen LogP contribution in [-0.4, -0.2) is 13.1 Å². The Balaban J connectivity index is 0.000000250. The Labute approximate surface area is 45.6 Å². The SMILES string of the molecule is C1CCNC1.S. The molecule has 0 spiro atoms. The molecule has 0 aromatic carbocycles. The highest BCUT2D eigenvalue weighted by molar-refractivity contribution is 7.59. The van der Waals surface area contributed by atoms with Gasteiger partial charge < -0.3 is 5.32 Å². The topological polar surface area (TPSA) is 12.0 Å². The Morgan fingerprint density at radius 2 is 1.50 bits per heavy atom. The van der Waals surface area contributed by atoms with E-state index in [1.807, 2.05) is 0 Å². The van der Waals surface area contributed by atoms with Gasteiger partial charge in [0.25, 0.3) is 0 Å². The molecule has 0 amide bonds. The average Bonchev–Trinajstić information content (AvgIpc) is 1.76. The maximum atomic E-state index is 3.22. The third-order valence-corrected chi connectivity index (χ3v) is 0.957. The fourth-order valence-electron chi connectivity index (χ4n) is 0.625. The van der Waals surface area contributed by atoms with Gasteiger partial charge in [0.1, 0.15) is 0 Å². The van der Waals surface area contributed by atoms with Crippen molar-refractivity contribution in [3.8, 4) is 0 Å². The molecule has 1 nitrogen and oxygen atoms in total. The normalized spacial score (nSPS) is 20.0. The Bertz CT molecular complexity index is 19.1. The first-order chi connectivity index (χ1) is 2.50. The second kappa shape index (κ2) is 3.50. The van der Waals surface area contributed by atoms with E-state index in [9.17, 15) is 0 Å². The molecule has 1 heterocycles. The fourth-order valence-corrected chi connectivity index (χ4v) is 0.625. The van der Waals surface area contributed by atoms with E-state index in [1.165, 1.54) is 25.9 Å². The highest BCUT2D eigenvalue weighted by atomic mass is 32.1. The summed E-state index contributed by atoms with van der Waals surface area (Å²) in [6, 6.07) is 0. The molecule has 6 heavy (non-hydrogen) atoms. The zero-order valence-electron chi connectivity index (χ0n) is 3.83. The lowest BCUT2D eigenvalue weighted by Gasteiger charge is -1.76. The summed E-state index contributed by atoms with van der Waals surface area (Å²) < 4.78 is 0. The summed E-state index contributed by atoms with van der Waals surface area (Å²) in [5, 5.41) is 3.22. The summed E-state index contributed by atoms with van der Waals surface area (Å²) in [4.78, 5) is 0. The van der Waals surface area contributed by atoms with Crippen molar-refractivity contribution >= 4 is 13.5 Å². The first-order valence-electron chi connectivity index (χ1n) is 2.21. The fraction of sp³-hybridized carbons (Fsp3) is 1.00. The molecule has 1 rings (SSSR count). The van der Waals surface area contributed by atoms with Crippen LogP contribution in [0.15, 0.2) is 0 Å². The van der Waals surface area contributed by atoms with Crippen LogP contribution in [0.5, 0.6) is 0 Å². The van der Waals surface area contributed by atoms with Gasteiger partial charge in [0.05, 0.1) is 0 Å². The van der Waals surface area contributed by atoms with Gasteiger partial charge in [-0.3, -0.25) is 0 Å². The van der Waals surface area contributed by atoms with E-state index in [1.54, 1.807) is 0 Å². The molecule has 0 aromatic rings. The van der Waals surface area contributed by atoms with Crippen LogP contribution in [0.2, 0.25) is 0 Å². The van der Waals surface area contributed by atoms with Crippen LogP contribution in [0.1, 0.15) is 12.8 Å². The summed E-state index contributed by atoms with van der Waals surface area (Å²) in [6.07, 6.45) is 2.78. The molecule has 1 fully saturated rings. The van der Waals surface area contributed by atoms with Gasteiger partial charge in [-0.25, -0.2) is 0 Å². The van der Waals surface area contributed by atoms with E-state index >= 15 is 0 Å². The van der Waals surface area contributed by atoms with E-state index in [4.69, 9.17) is 0 Å². The molecule has 0 saturated carbocycles. The van der Waals surface area contributed by atoms with Gasteiger partial charge in [0.15, 0.2) is 0 Å². The van der Waals surface area contributed by atoms with Crippen molar-refractivity contribution in [1.82, 2.24) is 5.32 Å². The van der Waals surface area contributed by atoms with Crippen LogP contribution in [0.25, 0.3) is 0 Å². The van der Waals surface area contributed by atoms with Crippen LogP contribution in [0, 0.1) is 0 Å². The van der Waals surface area contributed by atoms with E-state index < -0.39 is 0 Å².